The lowest BCUT2D eigenvalue weighted by Crippen LogP contribution is -2.47. The molecule has 2 N–H and O–H groups in total. The first-order chi connectivity index (χ1) is 11.1. The monoisotopic (exact) mass is 431 g/mol. The fourth-order valence-corrected chi connectivity index (χ4v) is 2.83. The first-order valence-corrected chi connectivity index (χ1v) is 8.75. The molecule has 1 aromatic carbocycles. The molecule has 0 bridgehead atoms. The first kappa shape index (κ1) is 18.0. The molecular weight excluding hydrogens is 409 g/mol. The summed E-state index contributed by atoms with van der Waals surface area (Å²) in [5, 5.41) is 5.62. The van der Waals surface area contributed by atoms with Crippen molar-refractivity contribution in [2.45, 2.75) is 18.9 Å². The van der Waals surface area contributed by atoms with Crippen LogP contribution in [-0.4, -0.2) is 56.0 Å². The SMILES string of the molecule is CNC(=O)CN1CCC(NC(=O)COc2ccc(I)cc2)CC1. The summed E-state index contributed by atoms with van der Waals surface area (Å²) in [5.41, 5.74) is 0. The van der Waals surface area contributed by atoms with E-state index in [4.69, 9.17) is 4.74 Å². The van der Waals surface area contributed by atoms with Gasteiger partial charge in [0.15, 0.2) is 6.61 Å². The fraction of sp³-hybridized carbons (Fsp3) is 0.500. The lowest BCUT2D eigenvalue weighted by atomic mass is 10.1. The quantitative estimate of drug-likeness (QED) is 0.660. The van der Waals surface area contributed by atoms with Crippen LogP contribution in [0.4, 0.5) is 0 Å². The van der Waals surface area contributed by atoms with E-state index in [0.717, 1.165) is 29.5 Å². The zero-order valence-corrected chi connectivity index (χ0v) is 15.3. The molecule has 0 saturated carbocycles. The third kappa shape index (κ3) is 6.34. The van der Waals surface area contributed by atoms with Gasteiger partial charge in [0.1, 0.15) is 5.75 Å². The second kappa shape index (κ2) is 9.07. The highest BCUT2D eigenvalue weighted by atomic mass is 127. The maximum Gasteiger partial charge on any atom is 0.258 e. The van der Waals surface area contributed by atoms with E-state index < -0.39 is 0 Å². The van der Waals surface area contributed by atoms with E-state index in [0.29, 0.717) is 12.3 Å². The number of rotatable bonds is 6. The number of carbonyl (C=O) groups is 2. The number of hydrogen-bond acceptors (Lipinski definition) is 4. The summed E-state index contributed by atoms with van der Waals surface area (Å²) in [6.45, 7) is 2.08. The zero-order chi connectivity index (χ0) is 16.7. The van der Waals surface area contributed by atoms with Gasteiger partial charge in [0.25, 0.3) is 5.91 Å². The Kier molecular flexibility index (Phi) is 7.10. The Morgan fingerprint density at radius 3 is 2.48 bits per heavy atom. The van der Waals surface area contributed by atoms with E-state index in [1.54, 1.807) is 7.05 Å². The molecule has 2 rings (SSSR count). The largest absolute Gasteiger partial charge is 0.484 e. The van der Waals surface area contributed by atoms with Crippen LogP contribution in [0.3, 0.4) is 0 Å². The number of hydrogen-bond donors (Lipinski definition) is 2. The minimum absolute atomic E-state index is 0.0263. The van der Waals surface area contributed by atoms with Crippen molar-refractivity contribution >= 4 is 34.4 Å². The molecule has 1 aliphatic heterocycles. The second-order valence-electron chi connectivity index (χ2n) is 5.53. The molecule has 1 fully saturated rings. The minimum Gasteiger partial charge on any atom is -0.484 e. The molecule has 7 heteroatoms. The topological polar surface area (TPSA) is 70.7 Å². The molecule has 1 aromatic rings. The molecule has 0 atom stereocenters. The highest BCUT2D eigenvalue weighted by Crippen LogP contribution is 2.13. The Bertz CT molecular complexity index is 528. The van der Waals surface area contributed by atoms with E-state index in [-0.39, 0.29) is 24.5 Å². The zero-order valence-electron chi connectivity index (χ0n) is 13.2. The number of nitrogens with one attached hydrogen (secondary N) is 2. The number of benzene rings is 1. The molecule has 0 aliphatic carbocycles. The highest BCUT2D eigenvalue weighted by molar-refractivity contribution is 14.1. The summed E-state index contributed by atoms with van der Waals surface area (Å²) < 4.78 is 6.60. The van der Waals surface area contributed by atoms with Gasteiger partial charge >= 0.3 is 0 Å². The van der Waals surface area contributed by atoms with Crippen molar-refractivity contribution in [1.29, 1.82) is 0 Å². The number of amides is 2. The van der Waals surface area contributed by atoms with Crippen LogP contribution in [0.2, 0.25) is 0 Å². The number of nitrogens with zero attached hydrogens (tertiary/aromatic N) is 1. The molecule has 0 aromatic heterocycles. The van der Waals surface area contributed by atoms with Gasteiger partial charge < -0.3 is 15.4 Å². The smallest absolute Gasteiger partial charge is 0.258 e. The Morgan fingerprint density at radius 2 is 1.87 bits per heavy atom. The van der Waals surface area contributed by atoms with E-state index in [2.05, 4.69) is 38.1 Å². The van der Waals surface area contributed by atoms with Gasteiger partial charge in [-0.2, -0.15) is 0 Å². The molecule has 2 amide bonds. The number of ether oxygens (including phenoxy) is 1. The van der Waals surface area contributed by atoms with Crippen molar-refractivity contribution in [2.24, 2.45) is 0 Å². The number of carbonyl (C=O) groups excluding carboxylic acids is 2. The number of piperidine rings is 1. The van der Waals surface area contributed by atoms with Gasteiger partial charge in [0, 0.05) is 29.7 Å². The van der Waals surface area contributed by atoms with E-state index in [1.807, 2.05) is 24.3 Å². The van der Waals surface area contributed by atoms with Crippen LogP contribution >= 0.6 is 22.6 Å². The Morgan fingerprint density at radius 1 is 1.22 bits per heavy atom. The van der Waals surface area contributed by atoms with Gasteiger partial charge in [-0.3, -0.25) is 14.5 Å². The van der Waals surface area contributed by atoms with Crippen molar-refractivity contribution in [3.05, 3.63) is 27.8 Å². The minimum atomic E-state index is -0.103. The maximum atomic E-state index is 11.9. The van der Waals surface area contributed by atoms with E-state index in [9.17, 15) is 9.59 Å². The van der Waals surface area contributed by atoms with Gasteiger partial charge in [0.05, 0.1) is 6.54 Å². The number of likely N-dealkylation sites (N-methyl/N-ethyl adjacent to an activating group) is 1. The average molecular weight is 431 g/mol. The molecule has 0 spiro atoms. The molecule has 23 heavy (non-hydrogen) atoms. The Hall–Kier alpha value is -1.35. The molecule has 1 saturated heterocycles. The number of likely N-dealkylation sites (tertiary alicyclic amines) is 1. The summed E-state index contributed by atoms with van der Waals surface area (Å²) in [6, 6.07) is 7.74. The van der Waals surface area contributed by atoms with Crippen molar-refractivity contribution in [3.8, 4) is 5.75 Å². The van der Waals surface area contributed by atoms with E-state index >= 15 is 0 Å². The van der Waals surface area contributed by atoms with Crippen LogP contribution in [0.1, 0.15) is 12.8 Å². The van der Waals surface area contributed by atoms with Crippen LogP contribution in [0, 0.1) is 3.57 Å². The molecule has 1 aliphatic rings. The number of halogens is 1. The van der Waals surface area contributed by atoms with Gasteiger partial charge in [-0.25, -0.2) is 0 Å². The summed E-state index contributed by atoms with van der Waals surface area (Å²) >= 11 is 2.22. The predicted octanol–water partition coefficient (Wildman–Crippen LogP) is 0.997. The van der Waals surface area contributed by atoms with Crippen molar-refractivity contribution in [2.75, 3.05) is 33.3 Å². The van der Waals surface area contributed by atoms with Crippen LogP contribution in [0.15, 0.2) is 24.3 Å². The average Bonchev–Trinajstić information content (AvgIpc) is 2.56. The summed E-state index contributed by atoms with van der Waals surface area (Å²) in [5.74, 6) is 0.618. The summed E-state index contributed by atoms with van der Waals surface area (Å²) in [4.78, 5) is 25.4. The third-order valence-corrected chi connectivity index (χ3v) is 4.50. The second-order valence-corrected chi connectivity index (χ2v) is 6.78. The maximum absolute atomic E-state index is 11.9. The molecular formula is C16H22IN3O3. The standard InChI is InChI=1S/C16H22IN3O3/c1-18-15(21)10-20-8-6-13(7-9-20)19-16(22)11-23-14-4-2-12(17)3-5-14/h2-5,13H,6-11H2,1H3,(H,18,21)(H,19,22). The van der Waals surface area contributed by atoms with Crippen LogP contribution in [0.5, 0.6) is 5.75 Å². The van der Waals surface area contributed by atoms with Crippen LogP contribution in [0.25, 0.3) is 0 Å². The molecule has 0 unspecified atom stereocenters. The molecule has 1 heterocycles. The molecule has 126 valence electrons. The Balaban J connectivity index is 1.66. The third-order valence-electron chi connectivity index (χ3n) is 3.78. The normalized spacial score (nSPS) is 15.9. The fourth-order valence-electron chi connectivity index (χ4n) is 2.47. The van der Waals surface area contributed by atoms with Crippen molar-refractivity contribution in [1.82, 2.24) is 15.5 Å². The lowest BCUT2D eigenvalue weighted by Gasteiger charge is -2.31. The van der Waals surface area contributed by atoms with Crippen molar-refractivity contribution < 1.29 is 14.3 Å². The van der Waals surface area contributed by atoms with Gasteiger partial charge in [-0.1, -0.05) is 0 Å². The first-order valence-electron chi connectivity index (χ1n) is 7.67. The van der Waals surface area contributed by atoms with Gasteiger partial charge in [-0.15, -0.1) is 0 Å². The molecule has 0 radical (unpaired) electrons. The van der Waals surface area contributed by atoms with Gasteiger partial charge in [-0.05, 0) is 59.7 Å². The summed E-state index contributed by atoms with van der Waals surface area (Å²) in [6.07, 6.45) is 1.71. The lowest BCUT2D eigenvalue weighted by molar-refractivity contribution is -0.125. The highest BCUT2D eigenvalue weighted by Gasteiger charge is 2.21. The molecule has 6 nitrogen and oxygen atoms in total. The summed E-state index contributed by atoms with van der Waals surface area (Å²) in [7, 11) is 1.64. The predicted molar refractivity (Wildman–Crippen MR) is 96.3 cm³/mol. The van der Waals surface area contributed by atoms with Crippen molar-refractivity contribution in [3.63, 3.8) is 0 Å². The van der Waals surface area contributed by atoms with Crippen LogP contribution in [-0.2, 0) is 9.59 Å². The Labute approximate surface area is 150 Å². The van der Waals surface area contributed by atoms with E-state index in [1.165, 1.54) is 0 Å². The van der Waals surface area contributed by atoms with Gasteiger partial charge in [0.2, 0.25) is 5.91 Å². The van der Waals surface area contributed by atoms with Crippen LogP contribution < -0.4 is 15.4 Å².